The largest absolute Gasteiger partial charge is 0.325 e. The van der Waals surface area contributed by atoms with E-state index in [0.29, 0.717) is 30.1 Å². The molecule has 2 heterocycles. The van der Waals surface area contributed by atoms with Gasteiger partial charge in [-0.1, -0.05) is 29.8 Å². The maximum Gasteiger partial charge on any atom is 0.250 e. The summed E-state index contributed by atoms with van der Waals surface area (Å²) in [5.41, 5.74) is 1.07. The number of aromatic nitrogens is 1. The zero-order valence-corrected chi connectivity index (χ0v) is 17.0. The number of benzene rings is 1. The number of carbonyl (C=O) groups is 1. The van der Waals surface area contributed by atoms with Crippen LogP contribution in [0.3, 0.4) is 0 Å². The third-order valence-electron chi connectivity index (χ3n) is 4.77. The first-order chi connectivity index (χ1) is 13.2. The van der Waals surface area contributed by atoms with Crippen molar-refractivity contribution < 1.29 is 13.2 Å². The van der Waals surface area contributed by atoms with Crippen molar-refractivity contribution in [1.29, 1.82) is 0 Å². The van der Waals surface area contributed by atoms with Gasteiger partial charge >= 0.3 is 0 Å². The van der Waals surface area contributed by atoms with Crippen LogP contribution < -0.4 is 10.9 Å². The Morgan fingerprint density at radius 2 is 2.00 bits per heavy atom. The van der Waals surface area contributed by atoms with Crippen molar-refractivity contribution in [1.82, 2.24) is 8.87 Å². The van der Waals surface area contributed by atoms with Gasteiger partial charge in [0.15, 0.2) is 0 Å². The van der Waals surface area contributed by atoms with Crippen LogP contribution in [-0.4, -0.2) is 42.5 Å². The lowest BCUT2D eigenvalue weighted by Gasteiger charge is -2.30. The second kappa shape index (κ2) is 8.46. The van der Waals surface area contributed by atoms with Crippen LogP contribution in [0.25, 0.3) is 0 Å². The molecule has 0 saturated carbocycles. The molecule has 1 aromatic heterocycles. The van der Waals surface area contributed by atoms with Gasteiger partial charge in [-0.05, 0) is 30.5 Å². The van der Waals surface area contributed by atoms with Gasteiger partial charge in [-0.15, -0.1) is 0 Å². The van der Waals surface area contributed by atoms with E-state index in [1.54, 1.807) is 18.3 Å². The maximum absolute atomic E-state index is 12.6. The third-order valence-corrected chi connectivity index (χ3v) is 6.41. The van der Waals surface area contributed by atoms with Crippen molar-refractivity contribution in [2.45, 2.75) is 19.4 Å². The van der Waals surface area contributed by atoms with Crippen LogP contribution in [0.2, 0.25) is 5.02 Å². The molecule has 0 radical (unpaired) electrons. The van der Waals surface area contributed by atoms with E-state index in [1.165, 1.54) is 14.9 Å². The summed E-state index contributed by atoms with van der Waals surface area (Å²) in [4.78, 5) is 24.8. The molecule has 150 valence electrons. The highest BCUT2D eigenvalue weighted by Crippen LogP contribution is 2.21. The molecular formula is C19H22ClN3O4S. The predicted octanol–water partition coefficient (Wildman–Crippen LogP) is 2.16. The highest BCUT2D eigenvalue weighted by atomic mass is 35.5. The summed E-state index contributed by atoms with van der Waals surface area (Å²) >= 11 is 6.16. The topological polar surface area (TPSA) is 88.5 Å². The van der Waals surface area contributed by atoms with Gasteiger partial charge in [0, 0.05) is 30.4 Å². The van der Waals surface area contributed by atoms with E-state index in [4.69, 9.17) is 11.6 Å². The number of sulfonamides is 1. The first-order valence-corrected chi connectivity index (χ1v) is 11.2. The van der Waals surface area contributed by atoms with Crippen molar-refractivity contribution in [3.05, 3.63) is 63.5 Å². The van der Waals surface area contributed by atoms with E-state index >= 15 is 0 Å². The van der Waals surface area contributed by atoms with Crippen molar-refractivity contribution in [3.63, 3.8) is 0 Å². The molecule has 1 saturated heterocycles. The molecule has 1 fully saturated rings. The molecule has 7 nitrogen and oxygen atoms in total. The number of halogens is 1. The van der Waals surface area contributed by atoms with Gasteiger partial charge in [0.1, 0.15) is 0 Å². The van der Waals surface area contributed by atoms with Crippen molar-refractivity contribution in [2.24, 2.45) is 5.92 Å². The first-order valence-electron chi connectivity index (χ1n) is 8.94. The van der Waals surface area contributed by atoms with E-state index in [0.717, 1.165) is 11.8 Å². The van der Waals surface area contributed by atoms with E-state index in [1.807, 2.05) is 18.2 Å². The zero-order valence-electron chi connectivity index (χ0n) is 15.5. The summed E-state index contributed by atoms with van der Waals surface area (Å²) in [7, 11) is -3.32. The minimum atomic E-state index is -3.32. The highest BCUT2D eigenvalue weighted by molar-refractivity contribution is 7.88. The Morgan fingerprint density at radius 3 is 2.71 bits per heavy atom. The van der Waals surface area contributed by atoms with E-state index in [-0.39, 0.29) is 24.6 Å². The molecule has 0 bridgehead atoms. The second-order valence-corrected chi connectivity index (χ2v) is 9.31. The molecule has 1 unspecified atom stereocenters. The molecule has 1 atom stereocenters. The molecule has 2 aromatic rings. The van der Waals surface area contributed by atoms with Crippen LogP contribution in [0.1, 0.15) is 18.4 Å². The number of anilines is 1. The number of piperidine rings is 1. The fraction of sp³-hybridized carbons (Fsp3) is 0.368. The normalized spacial score (nSPS) is 18.0. The standard InChI is InChI=1S/C19H22ClN3O4S/c1-28(26,27)23-10-4-6-15(12-23)19(25)21-16-8-9-18(24)22(13-16)11-14-5-2-3-7-17(14)20/h2-3,5,7-9,13,15H,4,6,10-12H2,1H3,(H,21,25). The summed E-state index contributed by atoms with van der Waals surface area (Å²) in [6.45, 7) is 0.892. The lowest BCUT2D eigenvalue weighted by Crippen LogP contribution is -2.43. The molecule has 1 aliphatic heterocycles. The van der Waals surface area contributed by atoms with Crippen molar-refractivity contribution in [2.75, 3.05) is 24.7 Å². The van der Waals surface area contributed by atoms with E-state index in [9.17, 15) is 18.0 Å². The van der Waals surface area contributed by atoms with E-state index < -0.39 is 15.9 Å². The van der Waals surface area contributed by atoms with Gasteiger partial charge in [-0.3, -0.25) is 9.59 Å². The van der Waals surface area contributed by atoms with Crippen molar-refractivity contribution in [3.8, 4) is 0 Å². The van der Waals surface area contributed by atoms with Crippen LogP contribution >= 0.6 is 11.6 Å². The monoisotopic (exact) mass is 423 g/mol. The number of rotatable bonds is 5. The summed E-state index contributed by atoms with van der Waals surface area (Å²) in [6, 6.07) is 10.2. The Balaban J connectivity index is 1.73. The Kier molecular flexibility index (Phi) is 6.22. The average Bonchev–Trinajstić information content (AvgIpc) is 2.65. The number of nitrogens with one attached hydrogen (secondary N) is 1. The van der Waals surface area contributed by atoms with Crippen molar-refractivity contribution >= 4 is 33.2 Å². The first kappa shape index (κ1) is 20.6. The molecule has 1 N–H and O–H groups in total. The smallest absolute Gasteiger partial charge is 0.250 e. The lowest BCUT2D eigenvalue weighted by atomic mass is 9.99. The predicted molar refractivity (Wildman–Crippen MR) is 109 cm³/mol. The van der Waals surface area contributed by atoms with Gasteiger partial charge in [-0.2, -0.15) is 0 Å². The van der Waals surface area contributed by atoms with Gasteiger partial charge in [-0.25, -0.2) is 12.7 Å². The number of amides is 1. The zero-order chi connectivity index (χ0) is 20.3. The quantitative estimate of drug-likeness (QED) is 0.798. The van der Waals surface area contributed by atoms with Gasteiger partial charge in [0.25, 0.3) is 5.56 Å². The molecule has 28 heavy (non-hydrogen) atoms. The Hall–Kier alpha value is -2.16. The Labute approximate surface area is 169 Å². The molecule has 0 spiro atoms. The van der Waals surface area contributed by atoms with Crippen LogP contribution in [0.5, 0.6) is 0 Å². The number of nitrogens with zero attached hydrogens (tertiary/aromatic N) is 2. The maximum atomic E-state index is 12.6. The van der Waals surface area contributed by atoms with Crippen LogP contribution in [0.15, 0.2) is 47.4 Å². The molecule has 0 aliphatic carbocycles. The summed E-state index contributed by atoms with van der Waals surface area (Å²) < 4.78 is 26.3. The van der Waals surface area contributed by atoms with Gasteiger partial charge in [0.2, 0.25) is 15.9 Å². The summed E-state index contributed by atoms with van der Waals surface area (Å²) in [5.74, 6) is -0.677. The van der Waals surface area contributed by atoms with Gasteiger partial charge in [0.05, 0.1) is 24.4 Å². The summed E-state index contributed by atoms with van der Waals surface area (Å²) in [5, 5.41) is 3.36. The molecular weight excluding hydrogens is 402 g/mol. The Morgan fingerprint density at radius 1 is 1.25 bits per heavy atom. The molecule has 1 aromatic carbocycles. The van der Waals surface area contributed by atoms with Crippen LogP contribution in [-0.2, 0) is 21.4 Å². The third kappa shape index (κ3) is 5.01. The fourth-order valence-electron chi connectivity index (χ4n) is 3.24. The fourth-order valence-corrected chi connectivity index (χ4v) is 4.35. The second-order valence-electron chi connectivity index (χ2n) is 6.92. The molecule has 1 aliphatic rings. The number of carbonyl (C=O) groups excluding carboxylic acids is 1. The number of hydrogen-bond donors (Lipinski definition) is 1. The van der Waals surface area contributed by atoms with Crippen LogP contribution in [0, 0.1) is 5.92 Å². The SMILES string of the molecule is CS(=O)(=O)N1CCCC(C(=O)Nc2ccc(=O)n(Cc3ccccc3Cl)c2)C1. The Bertz CT molecular complexity index is 1040. The highest BCUT2D eigenvalue weighted by Gasteiger charge is 2.30. The van der Waals surface area contributed by atoms with E-state index in [2.05, 4.69) is 5.32 Å². The molecule has 3 rings (SSSR count). The average molecular weight is 424 g/mol. The number of pyridine rings is 1. The van der Waals surface area contributed by atoms with Crippen LogP contribution in [0.4, 0.5) is 5.69 Å². The minimum Gasteiger partial charge on any atom is -0.325 e. The molecule has 1 amide bonds. The minimum absolute atomic E-state index is 0.171. The summed E-state index contributed by atoms with van der Waals surface area (Å²) in [6.07, 6.45) is 3.98. The lowest BCUT2D eigenvalue weighted by molar-refractivity contribution is -0.120. The molecule has 9 heteroatoms. The number of hydrogen-bond acceptors (Lipinski definition) is 4. The van der Waals surface area contributed by atoms with Gasteiger partial charge < -0.3 is 9.88 Å².